The summed E-state index contributed by atoms with van der Waals surface area (Å²) in [5, 5.41) is 20.4. The molecular weight excluding hydrogens is 281 g/mol. The van der Waals surface area contributed by atoms with E-state index in [1.165, 1.54) is 6.07 Å². The van der Waals surface area contributed by atoms with E-state index in [0.717, 1.165) is 0 Å². The van der Waals surface area contributed by atoms with Gasteiger partial charge < -0.3 is 15.5 Å². The highest BCUT2D eigenvalue weighted by Gasteiger charge is 2.19. The Hall–Kier alpha value is -1.30. The van der Waals surface area contributed by atoms with Gasteiger partial charge >= 0.3 is 5.97 Å². The molecule has 0 aliphatic carbocycles. The van der Waals surface area contributed by atoms with E-state index in [1.54, 1.807) is 12.1 Å². The Morgan fingerprint density at radius 1 is 1.33 bits per heavy atom. The highest BCUT2D eigenvalue weighted by atomic mass is 35.5. The zero-order valence-electron chi connectivity index (χ0n) is 9.19. The van der Waals surface area contributed by atoms with Gasteiger partial charge in [0.25, 0.3) is 0 Å². The summed E-state index contributed by atoms with van der Waals surface area (Å²) in [6.07, 6.45) is -0.0835. The van der Waals surface area contributed by atoms with Crippen LogP contribution in [-0.2, 0) is 16.0 Å². The fraction of sp³-hybridized carbons (Fsp3) is 0.273. The van der Waals surface area contributed by atoms with Gasteiger partial charge in [-0.25, -0.2) is 4.79 Å². The largest absolute Gasteiger partial charge is 0.480 e. The first-order valence-corrected chi connectivity index (χ1v) is 5.76. The van der Waals surface area contributed by atoms with Crippen molar-refractivity contribution in [2.75, 3.05) is 6.61 Å². The summed E-state index contributed by atoms with van der Waals surface area (Å²) >= 11 is 11.6. The van der Waals surface area contributed by atoms with Crippen molar-refractivity contribution in [1.82, 2.24) is 5.32 Å². The van der Waals surface area contributed by atoms with E-state index in [9.17, 15) is 9.59 Å². The molecule has 0 aliphatic heterocycles. The number of hydrogen-bond donors (Lipinski definition) is 3. The zero-order valence-corrected chi connectivity index (χ0v) is 10.7. The van der Waals surface area contributed by atoms with Crippen molar-refractivity contribution in [2.24, 2.45) is 0 Å². The fourth-order valence-electron chi connectivity index (χ4n) is 1.27. The Labute approximate surface area is 113 Å². The third kappa shape index (κ3) is 4.18. The maximum absolute atomic E-state index is 11.5. The predicted molar refractivity (Wildman–Crippen MR) is 66.8 cm³/mol. The third-order valence-electron chi connectivity index (χ3n) is 2.18. The minimum atomic E-state index is -1.32. The highest BCUT2D eigenvalue weighted by molar-refractivity contribution is 6.35. The topological polar surface area (TPSA) is 86.6 Å². The molecule has 0 fully saturated rings. The number of rotatable bonds is 5. The molecule has 5 nitrogen and oxygen atoms in total. The molecule has 0 heterocycles. The van der Waals surface area contributed by atoms with E-state index in [1.807, 2.05) is 0 Å². The predicted octanol–water partition coefficient (Wildman–Crippen LogP) is 1.10. The van der Waals surface area contributed by atoms with E-state index >= 15 is 0 Å². The summed E-state index contributed by atoms with van der Waals surface area (Å²) in [5.41, 5.74) is 0.528. The molecule has 0 aliphatic rings. The van der Waals surface area contributed by atoms with Gasteiger partial charge in [-0.1, -0.05) is 29.3 Å². The molecule has 98 valence electrons. The number of carbonyl (C=O) groups is 2. The van der Waals surface area contributed by atoms with Crippen molar-refractivity contribution < 1.29 is 19.8 Å². The SMILES string of the molecule is O=C(Cc1ccc(Cl)cc1Cl)N[C@@H](CO)C(=O)O. The smallest absolute Gasteiger partial charge is 0.328 e. The van der Waals surface area contributed by atoms with Crippen LogP contribution in [0.15, 0.2) is 18.2 Å². The molecule has 0 saturated carbocycles. The molecule has 1 aromatic rings. The van der Waals surface area contributed by atoms with Crippen LogP contribution in [0.5, 0.6) is 0 Å². The number of halogens is 2. The molecule has 1 rings (SSSR count). The Morgan fingerprint density at radius 3 is 2.50 bits per heavy atom. The van der Waals surface area contributed by atoms with E-state index in [0.29, 0.717) is 15.6 Å². The molecule has 0 unspecified atom stereocenters. The highest BCUT2D eigenvalue weighted by Crippen LogP contribution is 2.21. The van der Waals surface area contributed by atoms with Gasteiger partial charge in [0.15, 0.2) is 0 Å². The average Bonchev–Trinajstić information content (AvgIpc) is 2.29. The Kier molecular flexibility index (Phi) is 5.40. The van der Waals surface area contributed by atoms with Gasteiger partial charge in [0.05, 0.1) is 13.0 Å². The van der Waals surface area contributed by atoms with E-state index in [4.69, 9.17) is 33.4 Å². The van der Waals surface area contributed by atoms with Gasteiger partial charge in [-0.2, -0.15) is 0 Å². The number of carboxylic acid groups (broad SMARTS) is 1. The number of benzene rings is 1. The zero-order chi connectivity index (χ0) is 13.7. The number of aliphatic hydroxyl groups excluding tert-OH is 1. The summed E-state index contributed by atoms with van der Waals surface area (Å²) in [6, 6.07) is 3.34. The van der Waals surface area contributed by atoms with Crippen molar-refractivity contribution in [3.8, 4) is 0 Å². The monoisotopic (exact) mass is 291 g/mol. The van der Waals surface area contributed by atoms with Crippen LogP contribution in [-0.4, -0.2) is 34.7 Å². The van der Waals surface area contributed by atoms with Crippen molar-refractivity contribution in [1.29, 1.82) is 0 Å². The molecule has 1 atom stereocenters. The summed E-state index contributed by atoms with van der Waals surface area (Å²) in [4.78, 5) is 22.2. The maximum Gasteiger partial charge on any atom is 0.328 e. The quantitative estimate of drug-likeness (QED) is 0.758. The second-order valence-corrected chi connectivity index (χ2v) is 4.40. The van der Waals surface area contributed by atoms with Crippen LogP contribution in [0.3, 0.4) is 0 Å². The third-order valence-corrected chi connectivity index (χ3v) is 2.77. The van der Waals surface area contributed by atoms with Gasteiger partial charge in [-0.3, -0.25) is 4.79 Å². The molecule has 7 heteroatoms. The molecule has 3 N–H and O–H groups in total. The van der Waals surface area contributed by atoms with Gasteiger partial charge in [0.1, 0.15) is 6.04 Å². The van der Waals surface area contributed by atoms with Crippen molar-refractivity contribution >= 4 is 35.1 Å². The molecule has 0 radical (unpaired) electrons. The van der Waals surface area contributed by atoms with Gasteiger partial charge in [0.2, 0.25) is 5.91 Å². The summed E-state index contributed by atoms with van der Waals surface area (Å²) in [5.74, 6) is -1.84. The molecule has 1 aromatic carbocycles. The lowest BCUT2D eigenvalue weighted by molar-refractivity contribution is -0.142. The van der Waals surface area contributed by atoms with Crippen LogP contribution in [0.4, 0.5) is 0 Å². The van der Waals surface area contributed by atoms with E-state index in [-0.39, 0.29) is 6.42 Å². The molecule has 18 heavy (non-hydrogen) atoms. The van der Waals surface area contributed by atoms with Crippen LogP contribution >= 0.6 is 23.2 Å². The average molecular weight is 292 g/mol. The summed E-state index contributed by atoms with van der Waals surface area (Å²) in [7, 11) is 0. The fourth-order valence-corrected chi connectivity index (χ4v) is 1.74. The van der Waals surface area contributed by atoms with Crippen LogP contribution in [0, 0.1) is 0 Å². The first-order chi connectivity index (χ1) is 8.43. The molecule has 0 saturated heterocycles. The summed E-state index contributed by atoms with van der Waals surface area (Å²) < 4.78 is 0. The maximum atomic E-state index is 11.5. The number of carbonyl (C=O) groups excluding carboxylic acids is 1. The lowest BCUT2D eigenvalue weighted by atomic mass is 10.1. The number of amides is 1. The number of hydrogen-bond acceptors (Lipinski definition) is 3. The van der Waals surface area contributed by atoms with Crippen molar-refractivity contribution in [2.45, 2.75) is 12.5 Å². The number of nitrogens with one attached hydrogen (secondary N) is 1. The Morgan fingerprint density at radius 2 is 2.00 bits per heavy atom. The lowest BCUT2D eigenvalue weighted by Crippen LogP contribution is -2.43. The van der Waals surface area contributed by atoms with Crippen LogP contribution in [0.1, 0.15) is 5.56 Å². The number of carboxylic acids is 1. The van der Waals surface area contributed by atoms with Crippen LogP contribution < -0.4 is 5.32 Å². The second-order valence-electron chi connectivity index (χ2n) is 3.55. The van der Waals surface area contributed by atoms with Crippen molar-refractivity contribution in [3.05, 3.63) is 33.8 Å². The van der Waals surface area contributed by atoms with Gasteiger partial charge in [-0.05, 0) is 17.7 Å². The Balaban J connectivity index is 2.67. The minimum Gasteiger partial charge on any atom is -0.480 e. The van der Waals surface area contributed by atoms with E-state index < -0.39 is 24.5 Å². The first-order valence-electron chi connectivity index (χ1n) is 5.01. The second kappa shape index (κ2) is 6.58. The molecular formula is C11H11Cl2NO4. The molecule has 0 spiro atoms. The van der Waals surface area contributed by atoms with E-state index in [2.05, 4.69) is 5.32 Å². The van der Waals surface area contributed by atoms with Crippen molar-refractivity contribution in [3.63, 3.8) is 0 Å². The van der Waals surface area contributed by atoms with Gasteiger partial charge in [0, 0.05) is 10.0 Å². The lowest BCUT2D eigenvalue weighted by Gasteiger charge is -2.12. The van der Waals surface area contributed by atoms with Crippen LogP contribution in [0.25, 0.3) is 0 Å². The minimum absolute atomic E-state index is 0.0835. The molecule has 0 bridgehead atoms. The van der Waals surface area contributed by atoms with Crippen LogP contribution in [0.2, 0.25) is 10.0 Å². The standard InChI is InChI=1S/C11H11Cl2NO4/c12-7-2-1-6(8(13)4-7)3-10(16)14-9(5-15)11(17)18/h1-2,4,9,15H,3,5H2,(H,14,16)(H,17,18)/t9-/m0/s1. The summed E-state index contributed by atoms with van der Waals surface area (Å²) in [6.45, 7) is -0.671. The molecule has 0 aromatic heterocycles. The Bertz CT molecular complexity index is 464. The number of aliphatic carboxylic acids is 1. The number of aliphatic hydroxyl groups is 1. The molecule has 1 amide bonds. The first kappa shape index (κ1) is 14.8. The normalized spacial score (nSPS) is 11.9. The van der Waals surface area contributed by atoms with Gasteiger partial charge in [-0.15, -0.1) is 0 Å².